The van der Waals surface area contributed by atoms with Crippen molar-refractivity contribution in [3.8, 4) is 0 Å². The Morgan fingerprint density at radius 3 is 2.61 bits per heavy atom. The van der Waals surface area contributed by atoms with Crippen LogP contribution in [0.5, 0.6) is 0 Å². The molecule has 1 aliphatic heterocycles. The fourth-order valence-electron chi connectivity index (χ4n) is 2.66. The van der Waals surface area contributed by atoms with Crippen LogP contribution in [-0.2, 0) is 9.59 Å². The van der Waals surface area contributed by atoms with Gasteiger partial charge >= 0.3 is 5.97 Å². The number of hydrogen-bond donors (Lipinski definition) is 2. The van der Waals surface area contributed by atoms with Crippen molar-refractivity contribution in [1.29, 1.82) is 0 Å². The van der Waals surface area contributed by atoms with Crippen LogP contribution in [0.15, 0.2) is 0 Å². The van der Waals surface area contributed by atoms with E-state index < -0.39 is 11.5 Å². The molecule has 1 rings (SSSR count). The lowest BCUT2D eigenvalue weighted by molar-refractivity contribution is -0.158. The number of carboxylic acid groups (broad SMARTS) is 1. The van der Waals surface area contributed by atoms with Gasteiger partial charge in [-0.25, -0.2) is 4.79 Å². The normalized spacial score (nSPS) is 25.2. The molecule has 0 radical (unpaired) electrons. The van der Waals surface area contributed by atoms with E-state index in [1.165, 1.54) is 0 Å². The van der Waals surface area contributed by atoms with Crippen LogP contribution in [0.1, 0.15) is 40.0 Å². The highest BCUT2D eigenvalue weighted by Crippen LogP contribution is 2.33. The van der Waals surface area contributed by atoms with Crippen molar-refractivity contribution < 1.29 is 14.7 Å². The molecule has 0 bridgehead atoms. The van der Waals surface area contributed by atoms with E-state index in [1.807, 2.05) is 20.8 Å². The van der Waals surface area contributed by atoms with E-state index in [1.54, 1.807) is 4.90 Å². The number of likely N-dealkylation sites (tertiary alicyclic amines) is 1. The van der Waals surface area contributed by atoms with E-state index in [0.29, 0.717) is 25.9 Å². The molecule has 0 spiro atoms. The van der Waals surface area contributed by atoms with Crippen LogP contribution in [0.25, 0.3) is 0 Å². The Labute approximate surface area is 109 Å². The highest BCUT2D eigenvalue weighted by atomic mass is 16.4. The first-order valence-corrected chi connectivity index (χ1v) is 6.75. The summed E-state index contributed by atoms with van der Waals surface area (Å²) >= 11 is 0. The van der Waals surface area contributed by atoms with Gasteiger partial charge in [0.1, 0.15) is 5.54 Å². The molecule has 5 heteroatoms. The molecule has 2 N–H and O–H groups in total. The number of carbonyl (C=O) groups excluding carboxylic acids is 1. The lowest BCUT2D eigenvalue weighted by Gasteiger charge is -2.35. The van der Waals surface area contributed by atoms with Gasteiger partial charge in [0.25, 0.3) is 0 Å². The maximum absolute atomic E-state index is 12.4. The summed E-state index contributed by atoms with van der Waals surface area (Å²) in [7, 11) is 0. The largest absolute Gasteiger partial charge is 0.479 e. The van der Waals surface area contributed by atoms with Gasteiger partial charge in [-0.05, 0) is 25.8 Å². The molecule has 1 saturated heterocycles. The molecule has 5 nitrogen and oxygen atoms in total. The highest BCUT2D eigenvalue weighted by molar-refractivity contribution is 5.88. The molecule has 18 heavy (non-hydrogen) atoms. The fraction of sp³-hybridized carbons (Fsp3) is 0.846. The van der Waals surface area contributed by atoms with Crippen LogP contribution in [-0.4, -0.2) is 47.1 Å². The predicted molar refractivity (Wildman–Crippen MR) is 69.3 cm³/mol. The van der Waals surface area contributed by atoms with E-state index in [-0.39, 0.29) is 11.8 Å². The van der Waals surface area contributed by atoms with Gasteiger partial charge in [-0.3, -0.25) is 4.79 Å². The maximum atomic E-state index is 12.4. The minimum atomic E-state index is -0.975. The van der Waals surface area contributed by atoms with Crippen LogP contribution >= 0.6 is 0 Å². The minimum absolute atomic E-state index is 0.0438. The quantitative estimate of drug-likeness (QED) is 0.746. The number of nitrogens with zero attached hydrogens (tertiary/aromatic N) is 1. The zero-order valence-electron chi connectivity index (χ0n) is 11.5. The van der Waals surface area contributed by atoms with Gasteiger partial charge in [-0.15, -0.1) is 0 Å². The standard InChI is InChI=1S/C13H24N2O3/c1-4-13(12(17)18)7-6-8-15(13)11(16)10(3)9-14-5-2/h10,14H,4-9H2,1-3H3,(H,17,18). The summed E-state index contributed by atoms with van der Waals surface area (Å²) in [5.41, 5.74) is -0.975. The first kappa shape index (κ1) is 15.0. The fourth-order valence-corrected chi connectivity index (χ4v) is 2.66. The highest BCUT2D eigenvalue weighted by Gasteiger charge is 2.49. The molecule has 0 aromatic heterocycles. The number of hydrogen-bond acceptors (Lipinski definition) is 3. The number of amides is 1. The SMILES string of the molecule is CCNCC(C)C(=O)N1CCCC1(CC)C(=O)O. The molecule has 0 saturated carbocycles. The molecular formula is C13H24N2O3. The number of aliphatic carboxylic acids is 1. The Balaban J connectivity index is 2.80. The molecule has 1 heterocycles. The average Bonchev–Trinajstić information content (AvgIpc) is 2.79. The molecule has 1 fully saturated rings. The van der Waals surface area contributed by atoms with Gasteiger partial charge < -0.3 is 15.3 Å². The summed E-state index contributed by atoms with van der Waals surface area (Å²) in [5, 5.41) is 12.6. The predicted octanol–water partition coefficient (Wildman–Crippen LogP) is 1.09. The van der Waals surface area contributed by atoms with Gasteiger partial charge in [0.05, 0.1) is 0 Å². The molecule has 0 aliphatic carbocycles. The molecule has 0 aromatic rings. The third-order valence-corrected chi connectivity index (χ3v) is 3.86. The zero-order valence-corrected chi connectivity index (χ0v) is 11.5. The van der Waals surface area contributed by atoms with E-state index >= 15 is 0 Å². The summed E-state index contributed by atoms with van der Waals surface area (Å²) in [4.78, 5) is 25.4. The van der Waals surface area contributed by atoms with E-state index in [0.717, 1.165) is 13.0 Å². The Morgan fingerprint density at radius 2 is 2.11 bits per heavy atom. The summed E-state index contributed by atoms with van der Waals surface area (Å²) in [6, 6.07) is 0. The van der Waals surface area contributed by atoms with Crippen molar-refractivity contribution in [1.82, 2.24) is 10.2 Å². The molecule has 1 aliphatic rings. The Kier molecular flexibility index (Phi) is 5.14. The third-order valence-electron chi connectivity index (χ3n) is 3.86. The summed E-state index contributed by atoms with van der Waals surface area (Å²) in [5.74, 6) is -1.09. The summed E-state index contributed by atoms with van der Waals surface area (Å²) in [6.45, 7) is 7.66. The van der Waals surface area contributed by atoms with Gasteiger partial charge in [0.2, 0.25) is 5.91 Å². The molecule has 0 aromatic carbocycles. The summed E-state index contributed by atoms with van der Waals surface area (Å²) in [6.07, 6.45) is 1.82. The molecule has 2 unspecified atom stereocenters. The van der Waals surface area contributed by atoms with Crippen molar-refractivity contribution >= 4 is 11.9 Å². The second-order valence-corrected chi connectivity index (χ2v) is 4.99. The van der Waals surface area contributed by atoms with E-state index in [9.17, 15) is 14.7 Å². The van der Waals surface area contributed by atoms with Crippen molar-refractivity contribution in [2.24, 2.45) is 5.92 Å². The van der Waals surface area contributed by atoms with Crippen LogP contribution in [0.4, 0.5) is 0 Å². The first-order valence-electron chi connectivity index (χ1n) is 6.75. The Morgan fingerprint density at radius 1 is 1.44 bits per heavy atom. The van der Waals surface area contributed by atoms with Crippen molar-refractivity contribution in [3.05, 3.63) is 0 Å². The van der Waals surface area contributed by atoms with Gasteiger partial charge in [0, 0.05) is 19.0 Å². The number of nitrogens with one attached hydrogen (secondary N) is 1. The van der Waals surface area contributed by atoms with E-state index in [4.69, 9.17) is 0 Å². The third kappa shape index (κ3) is 2.66. The smallest absolute Gasteiger partial charge is 0.329 e. The Bertz CT molecular complexity index is 319. The van der Waals surface area contributed by atoms with Crippen LogP contribution < -0.4 is 5.32 Å². The topological polar surface area (TPSA) is 69.6 Å². The van der Waals surface area contributed by atoms with E-state index in [2.05, 4.69) is 5.32 Å². The van der Waals surface area contributed by atoms with Crippen LogP contribution in [0.3, 0.4) is 0 Å². The van der Waals surface area contributed by atoms with Gasteiger partial charge in [-0.1, -0.05) is 20.8 Å². The average molecular weight is 256 g/mol. The molecule has 104 valence electrons. The van der Waals surface area contributed by atoms with Crippen molar-refractivity contribution in [2.75, 3.05) is 19.6 Å². The Hall–Kier alpha value is -1.10. The zero-order chi connectivity index (χ0) is 13.8. The monoisotopic (exact) mass is 256 g/mol. The lowest BCUT2D eigenvalue weighted by atomic mass is 9.92. The molecular weight excluding hydrogens is 232 g/mol. The minimum Gasteiger partial charge on any atom is -0.479 e. The lowest BCUT2D eigenvalue weighted by Crippen LogP contribution is -2.54. The van der Waals surface area contributed by atoms with Gasteiger partial charge in [0.15, 0.2) is 0 Å². The van der Waals surface area contributed by atoms with Gasteiger partial charge in [-0.2, -0.15) is 0 Å². The second-order valence-electron chi connectivity index (χ2n) is 4.99. The number of carbonyl (C=O) groups is 2. The van der Waals surface area contributed by atoms with Crippen LogP contribution in [0.2, 0.25) is 0 Å². The van der Waals surface area contributed by atoms with Crippen LogP contribution in [0, 0.1) is 5.92 Å². The summed E-state index contributed by atoms with van der Waals surface area (Å²) < 4.78 is 0. The maximum Gasteiger partial charge on any atom is 0.329 e. The first-order chi connectivity index (χ1) is 8.49. The van der Waals surface area contributed by atoms with Crippen molar-refractivity contribution in [2.45, 2.75) is 45.6 Å². The molecule has 1 amide bonds. The number of carboxylic acids is 1. The second kappa shape index (κ2) is 6.18. The van der Waals surface area contributed by atoms with Crippen molar-refractivity contribution in [3.63, 3.8) is 0 Å². The number of rotatable bonds is 6. The molecule has 2 atom stereocenters.